The molecule has 1 heterocycles. The van der Waals surface area contributed by atoms with Crippen molar-refractivity contribution in [3.8, 4) is 0 Å². The third kappa shape index (κ3) is 8.17. The van der Waals surface area contributed by atoms with Gasteiger partial charge in [0.15, 0.2) is 0 Å². The zero-order valence-corrected chi connectivity index (χ0v) is 21.9. The molecule has 3 aromatic carbocycles. The topological polar surface area (TPSA) is 94.7 Å². The maximum Gasteiger partial charge on any atom is 0.355 e. The molecule has 0 spiro atoms. The molecule has 7 nitrogen and oxygen atoms in total. The highest BCUT2D eigenvalue weighted by Crippen LogP contribution is 2.24. The van der Waals surface area contributed by atoms with E-state index < -0.39 is 11.9 Å². The van der Waals surface area contributed by atoms with Crippen LogP contribution < -0.4 is 0 Å². The third-order valence-corrected chi connectivity index (χ3v) is 6.23. The summed E-state index contributed by atoms with van der Waals surface area (Å²) in [5, 5.41) is 0. The molecule has 1 N–H and O–H groups in total. The van der Waals surface area contributed by atoms with Gasteiger partial charge in [-0.15, -0.1) is 0 Å². The number of carbonyl (C=O) groups excluding carboxylic acids is 3. The Labute approximate surface area is 227 Å². The lowest BCUT2D eigenvalue weighted by Crippen LogP contribution is -2.14. The van der Waals surface area contributed by atoms with E-state index in [1.54, 1.807) is 6.92 Å². The minimum absolute atomic E-state index is 0.0933. The predicted octanol–water partition coefficient (Wildman–Crippen LogP) is 5.64. The van der Waals surface area contributed by atoms with E-state index in [1.807, 2.05) is 91.0 Å². The molecular weight excluding hydrogens is 494 g/mol. The SMILES string of the molecule is Cc1[nH]c(C(=O)OCc2ccccc2)c(CC(=O)OCc2ccccc2)c1CCC(=O)OCc1ccccc1. The Kier molecular flexibility index (Phi) is 9.67. The van der Waals surface area contributed by atoms with E-state index in [-0.39, 0.29) is 44.3 Å². The Hall–Kier alpha value is -4.65. The molecule has 0 saturated carbocycles. The van der Waals surface area contributed by atoms with Crippen LogP contribution in [0, 0.1) is 6.92 Å². The molecule has 0 unspecified atom stereocenters. The lowest BCUT2D eigenvalue weighted by Gasteiger charge is -2.10. The summed E-state index contributed by atoms with van der Waals surface area (Å²) >= 11 is 0. The van der Waals surface area contributed by atoms with E-state index in [0.29, 0.717) is 23.2 Å². The van der Waals surface area contributed by atoms with Gasteiger partial charge in [-0.1, -0.05) is 91.0 Å². The van der Waals surface area contributed by atoms with Gasteiger partial charge >= 0.3 is 17.9 Å². The molecule has 0 amide bonds. The number of esters is 3. The summed E-state index contributed by atoms with van der Waals surface area (Å²) in [6.45, 7) is 2.20. The van der Waals surface area contributed by atoms with Crippen LogP contribution in [0.5, 0.6) is 0 Å². The summed E-state index contributed by atoms with van der Waals surface area (Å²) in [4.78, 5) is 41.4. The molecule has 0 bridgehead atoms. The minimum Gasteiger partial charge on any atom is -0.461 e. The molecule has 0 aliphatic rings. The maximum atomic E-state index is 13.1. The molecule has 1 aromatic heterocycles. The fraction of sp³-hybridized carbons (Fsp3) is 0.219. The van der Waals surface area contributed by atoms with E-state index in [2.05, 4.69) is 4.98 Å². The number of ether oxygens (including phenoxy) is 3. The first-order chi connectivity index (χ1) is 19.0. The number of benzene rings is 3. The van der Waals surface area contributed by atoms with Crippen LogP contribution in [-0.2, 0) is 56.5 Å². The van der Waals surface area contributed by atoms with Gasteiger partial charge in [-0.3, -0.25) is 9.59 Å². The van der Waals surface area contributed by atoms with Crippen molar-refractivity contribution in [3.05, 3.63) is 130 Å². The smallest absolute Gasteiger partial charge is 0.355 e. The largest absolute Gasteiger partial charge is 0.461 e. The number of aromatic amines is 1. The molecule has 0 aliphatic heterocycles. The number of aromatic nitrogens is 1. The second-order valence-electron chi connectivity index (χ2n) is 9.11. The average molecular weight is 526 g/mol. The van der Waals surface area contributed by atoms with Crippen LogP contribution in [0.3, 0.4) is 0 Å². The average Bonchev–Trinajstić information content (AvgIpc) is 3.28. The van der Waals surface area contributed by atoms with Crippen LogP contribution in [0.2, 0.25) is 0 Å². The van der Waals surface area contributed by atoms with Gasteiger partial charge in [0.05, 0.1) is 6.42 Å². The highest BCUT2D eigenvalue weighted by Gasteiger charge is 2.25. The Balaban J connectivity index is 1.45. The molecule has 0 atom stereocenters. The fourth-order valence-corrected chi connectivity index (χ4v) is 4.19. The summed E-state index contributed by atoms with van der Waals surface area (Å²) in [5.74, 6) is -1.43. The van der Waals surface area contributed by atoms with E-state index >= 15 is 0 Å². The molecule has 4 rings (SSSR count). The van der Waals surface area contributed by atoms with Crippen molar-refractivity contribution in [2.75, 3.05) is 0 Å². The summed E-state index contributed by atoms with van der Waals surface area (Å²) in [7, 11) is 0. The predicted molar refractivity (Wildman–Crippen MR) is 146 cm³/mol. The highest BCUT2D eigenvalue weighted by molar-refractivity contribution is 5.92. The summed E-state index contributed by atoms with van der Waals surface area (Å²) in [6, 6.07) is 28.1. The number of H-pyrrole nitrogens is 1. The van der Waals surface area contributed by atoms with Crippen LogP contribution in [0.25, 0.3) is 0 Å². The Morgan fingerprint density at radius 3 is 1.59 bits per heavy atom. The number of rotatable bonds is 12. The monoisotopic (exact) mass is 525 g/mol. The Morgan fingerprint density at radius 2 is 1.08 bits per heavy atom. The van der Waals surface area contributed by atoms with Crippen molar-refractivity contribution in [2.24, 2.45) is 0 Å². The number of nitrogens with one attached hydrogen (secondary N) is 1. The third-order valence-electron chi connectivity index (χ3n) is 6.23. The lowest BCUT2D eigenvalue weighted by molar-refractivity contribution is -0.145. The standard InChI is InChI=1S/C32H31NO6/c1-23-27(17-18-29(34)37-20-24-11-5-2-6-12-24)28(19-30(35)38-21-25-13-7-3-8-14-25)31(33-23)32(36)39-22-26-15-9-4-10-16-26/h2-16,33H,17-22H2,1H3. The van der Waals surface area contributed by atoms with Crippen molar-refractivity contribution in [2.45, 2.75) is 46.0 Å². The van der Waals surface area contributed by atoms with Crippen LogP contribution >= 0.6 is 0 Å². The molecule has 0 saturated heterocycles. The van der Waals surface area contributed by atoms with E-state index in [0.717, 1.165) is 16.7 Å². The normalized spacial score (nSPS) is 10.6. The van der Waals surface area contributed by atoms with Gasteiger partial charge in [0.1, 0.15) is 25.5 Å². The first-order valence-electron chi connectivity index (χ1n) is 12.8. The van der Waals surface area contributed by atoms with Gasteiger partial charge in [0.25, 0.3) is 0 Å². The fourth-order valence-electron chi connectivity index (χ4n) is 4.19. The molecule has 0 aliphatic carbocycles. The van der Waals surface area contributed by atoms with Crippen molar-refractivity contribution >= 4 is 17.9 Å². The zero-order chi connectivity index (χ0) is 27.5. The molecule has 0 fully saturated rings. The van der Waals surface area contributed by atoms with E-state index in [9.17, 15) is 14.4 Å². The van der Waals surface area contributed by atoms with Gasteiger partial charge in [-0.2, -0.15) is 0 Å². The summed E-state index contributed by atoms with van der Waals surface area (Å²) in [5.41, 5.74) is 4.65. The van der Waals surface area contributed by atoms with Gasteiger partial charge < -0.3 is 19.2 Å². The first-order valence-corrected chi connectivity index (χ1v) is 12.8. The van der Waals surface area contributed by atoms with Crippen molar-refractivity contribution < 1.29 is 28.6 Å². The maximum absolute atomic E-state index is 13.1. The molecule has 39 heavy (non-hydrogen) atoms. The number of aryl methyl sites for hydroxylation is 1. The highest BCUT2D eigenvalue weighted by atomic mass is 16.5. The molecule has 200 valence electrons. The van der Waals surface area contributed by atoms with E-state index in [1.165, 1.54) is 0 Å². The first kappa shape index (κ1) is 27.4. The van der Waals surface area contributed by atoms with E-state index in [4.69, 9.17) is 14.2 Å². The van der Waals surface area contributed by atoms with Crippen LogP contribution in [0.15, 0.2) is 91.0 Å². The minimum atomic E-state index is -0.578. The van der Waals surface area contributed by atoms with Gasteiger partial charge in [0, 0.05) is 12.1 Å². The molecule has 4 aromatic rings. The van der Waals surface area contributed by atoms with Crippen LogP contribution in [-0.4, -0.2) is 22.9 Å². The Bertz CT molecular complexity index is 1380. The van der Waals surface area contributed by atoms with Crippen LogP contribution in [0.1, 0.15) is 50.4 Å². The van der Waals surface area contributed by atoms with Crippen molar-refractivity contribution in [1.82, 2.24) is 4.98 Å². The second kappa shape index (κ2) is 13.8. The molecular formula is C32H31NO6. The Morgan fingerprint density at radius 1 is 0.615 bits per heavy atom. The quantitative estimate of drug-likeness (QED) is 0.190. The number of hydrogen-bond acceptors (Lipinski definition) is 6. The number of carbonyl (C=O) groups is 3. The van der Waals surface area contributed by atoms with Gasteiger partial charge in [-0.25, -0.2) is 4.79 Å². The van der Waals surface area contributed by atoms with Gasteiger partial charge in [0.2, 0.25) is 0 Å². The summed E-state index contributed by atoms with van der Waals surface area (Å²) < 4.78 is 16.4. The molecule has 0 radical (unpaired) electrons. The summed E-state index contributed by atoms with van der Waals surface area (Å²) in [6.07, 6.45) is 0.251. The second-order valence-corrected chi connectivity index (χ2v) is 9.11. The van der Waals surface area contributed by atoms with Crippen LogP contribution in [0.4, 0.5) is 0 Å². The van der Waals surface area contributed by atoms with Gasteiger partial charge in [-0.05, 0) is 41.2 Å². The van der Waals surface area contributed by atoms with Crippen molar-refractivity contribution in [1.29, 1.82) is 0 Å². The number of hydrogen-bond donors (Lipinski definition) is 1. The van der Waals surface area contributed by atoms with Crippen molar-refractivity contribution in [3.63, 3.8) is 0 Å². The molecule has 7 heteroatoms. The lowest BCUT2D eigenvalue weighted by atomic mass is 10.0. The zero-order valence-electron chi connectivity index (χ0n) is 21.9.